The number of rotatable bonds is 6. The van der Waals surface area contributed by atoms with Crippen LogP contribution < -0.4 is 5.73 Å². The molecule has 66 valence electrons. The van der Waals surface area contributed by atoms with Crippen molar-refractivity contribution < 1.29 is 4.74 Å². The van der Waals surface area contributed by atoms with Crippen LogP contribution in [0.2, 0.25) is 0 Å². The molecule has 0 heterocycles. The second kappa shape index (κ2) is 4.73. The van der Waals surface area contributed by atoms with Crippen LogP contribution in [0.5, 0.6) is 0 Å². The van der Waals surface area contributed by atoms with Gasteiger partial charge in [0.1, 0.15) is 0 Å². The first-order valence-electron chi connectivity index (χ1n) is 4.68. The maximum atomic E-state index is 5.88. The summed E-state index contributed by atoms with van der Waals surface area (Å²) in [7, 11) is 0. The smallest absolute Gasteiger partial charge is 0.0480 e. The molecule has 0 spiro atoms. The molecule has 2 N–H and O–H groups in total. The van der Waals surface area contributed by atoms with Crippen LogP contribution in [-0.4, -0.2) is 19.3 Å². The predicted molar refractivity (Wildman–Crippen MR) is 46.4 cm³/mol. The van der Waals surface area contributed by atoms with Gasteiger partial charge in [0.25, 0.3) is 0 Å². The maximum absolute atomic E-state index is 5.88. The molecular formula is C9H19NO. The van der Waals surface area contributed by atoms with E-state index in [0.29, 0.717) is 6.04 Å². The van der Waals surface area contributed by atoms with Crippen LogP contribution in [0.1, 0.15) is 32.6 Å². The Kier molecular flexibility index (Phi) is 3.87. The van der Waals surface area contributed by atoms with Crippen molar-refractivity contribution in [3.8, 4) is 0 Å². The Hall–Kier alpha value is -0.0800. The van der Waals surface area contributed by atoms with E-state index >= 15 is 0 Å². The molecule has 1 atom stereocenters. The zero-order chi connectivity index (χ0) is 8.10. The van der Waals surface area contributed by atoms with Gasteiger partial charge in [0.15, 0.2) is 0 Å². The minimum absolute atomic E-state index is 0.409. The summed E-state index contributed by atoms with van der Waals surface area (Å²) in [4.78, 5) is 0. The van der Waals surface area contributed by atoms with Gasteiger partial charge >= 0.3 is 0 Å². The fraction of sp³-hybridized carbons (Fsp3) is 1.00. The minimum Gasteiger partial charge on any atom is -0.381 e. The van der Waals surface area contributed by atoms with Crippen molar-refractivity contribution in [2.45, 2.75) is 38.6 Å². The van der Waals surface area contributed by atoms with Gasteiger partial charge in [0.2, 0.25) is 0 Å². The van der Waals surface area contributed by atoms with Crippen molar-refractivity contribution >= 4 is 0 Å². The summed E-state index contributed by atoms with van der Waals surface area (Å²) < 4.78 is 5.35. The molecule has 0 aromatic carbocycles. The van der Waals surface area contributed by atoms with Crippen LogP contribution >= 0.6 is 0 Å². The molecule has 1 aliphatic rings. The number of hydrogen-bond acceptors (Lipinski definition) is 2. The molecular weight excluding hydrogens is 138 g/mol. The van der Waals surface area contributed by atoms with E-state index in [1.807, 2.05) is 0 Å². The Morgan fingerprint density at radius 3 is 2.73 bits per heavy atom. The lowest BCUT2D eigenvalue weighted by molar-refractivity contribution is 0.126. The normalized spacial score (nSPS) is 20.2. The first-order chi connectivity index (χ1) is 5.34. The average molecular weight is 157 g/mol. The molecule has 0 saturated heterocycles. The fourth-order valence-corrected chi connectivity index (χ4v) is 1.23. The lowest BCUT2D eigenvalue weighted by atomic mass is 10.1. The third-order valence-corrected chi connectivity index (χ3v) is 2.17. The first-order valence-corrected chi connectivity index (χ1v) is 4.68. The monoisotopic (exact) mass is 157 g/mol. The molecule has 1 saturated carbocycles. The minimum atomic E-state index is 0.409. The van der Waals surface area contributed by atoms with Crippen molar-refractivity contribution in [1.82, 2.24) is 0 Å². The molecule has 0 aliphatic heterocycles. The quantitative estimate of drug-likeness (QED) is 0.594. The van der Waals surface area contributed by atoms with E-state index in [9.17, 15) is 0 Å². The molecule has 0 radical (unpaired) electrons. The van der Waals surface area contributed by atoms with Gasteiger partial charge < -0.3 is 10.5 Å². The Morgan fingerprint density at radius 1 is 1.45 bits per heavy atom. The van der Waals surface area contributed by atoms with Crippen molar-refractivity contribution in [3.63, 3.8) is 0 Å². The number of hydrogen-bond donors (Lipinski definition) is 1. The van der Waals surface area contributed by atoms with E-state index in [2.05, 4.69) is 6.92 Å². The Bertz CT molecular complexity index is 102. The van der Waals surface area contributed by atoms with E-state index in [1.165, 1.54) is 12.8 Å². The fourth-order valence-electron chi connectivity index (χ4n) is 1.23. The third kappa shape index (κ3) is 3.73. The van der Waals surface area contributed by atoms with Crippen LogP contribution in [0.25, 0.3) is 0 Å². The molecule has 1 unspecified atom stereocenters. The predicted octanol–water partition coefficient (Wildman–Crippen LogP) is 1.54. The Balaban J connectivity index is 1.85. The Morgan fingerprint density at radius 2 is 2.18 bits per heavy atom. The van der Waals surface area contributed by atoms with Crippen LogP contribution in [0, 0.1) is 5.92 Å². The van der Waals surface area contributed by atoms with Gasteiger partial charge in [-0.3, -0.25) is 0 Å². The summed E-state index contributed by atoms with van der Waals surface area (Å²) in [5.41, 5.74) is 5.88. The molecule has 0 aromatic rings. The Labute approximate surface area is 69.1 Å². The van der Waals surface area contributed by atoms with Crippen molar-refractivity contribution in [3.05, 3.63) is 0 Å². The molecule has 0 amide bonds. The van der Waals surface area contributed by atoms with Gasteiger partial charge in [0.05, 0.1) is 0 Å². The van der Waals surface area contributed by atoms with Gasteiger partial charge in [-0.1, -0.05) is 6.92 Å². The van der Waals surface area contributed by atoms with Crippen molar-refractivity contribution in [2.75, 3.05) is 13.2 Å². The molecule has 1 rings (SSSR count). The van der Waals surface area contributed by atoms with E-state index < -0.39 is 0 Å². The second-order valence-electron chi connectivity index (χ2n) is 3.40. The van der Waals surface area contributed by atoms with Crippen molar-refractivity contribution in [1.29, 1.82) is 0 Å². The maximum Gasteiger partial charge on any atom is 0.0480 e. The van der Waals surface area contributed by atoms with E-state index in [4.69, 9.17) is 10.5 Å². The average Bonchev–Trinajstić information content (AvgIpc) is 2.79. The van der Waals surface area contributed by atoms with Crippen molar-refractivity contribution in [2.24, 2.45) is 11.7 Å². The van der Waals surface area contributed by atoms with Gasteiger partial charge in [-0.2, -0.15) is 0 Å². The summed E-state index contributed by atoms with van der Waals surface area (Å²) in [6.07, 6.45) is 4.84. The topological polar surface area (TPSA) is 35.2 Å². The summed E-state index contributed by atoms with van der Waals surface area (Å²) >= 11 is 0. The number of ether oxygens (including phenoxy) is 1. The van der Waals surface area contributed by atoms with Gasteiger partial charge in [-0.25, -0.2) is 0 Å². The highest BCUT2D eigenvalue weighted by atomic mass is 16.5. The zero-order valence-electron chi connectivity index (χ0n) is 7.38. The van der Waals surface area contributed by atoms with Gasteiger partial charge in [-0.05, 0) is 31.6 Å². The highest BCUT2D eigenvalue weighted by Gasteiger charge is 2.27. The standard InChI is InChI=1S/C9H19NO/c1-2-6-11-7-5-9(10)8-3-4-8/h8-9H,2-7,10H2,1H3. The molecule has 1 fully saturated rings. The molecule has 0 bridgehead atoms. The molecule has 0 aromatic heterocycles. The van der Waals surface area contributed by atoms with E-state index in [1.54, 1.807) is 0 Å². The lowest BCUT2D eigenvalue weighted by Crippen LogP contribution is -2.24. The second-order valence-corrected chi connectivity index (χ2v) is 3.40. The highest BCUT2D eigenvalue weighted by Crippen LogP contribution is 2.32. The third-order valence-electron chi connectivity index (χ3n) is 2.17. The SMILES string of the molecule is CCCOCCC(N)C1CC1. The van der Waals surface area contributed by atoms with Crippen LogP contribution in [0.4, 0.5) is 0 Å². The zero-order valence-corrected chi connectivity index (χ0v) is 7.38. The number of nitrogens with two attached hydrogens (primary N) is 1. The summed E-state index contributed by atoms with van der Waals surface area (Å²) in [6.45, 7) is 3.86. The van der Waals surface area contributed by atoms with E-state index in [-0.39, 0.29) is 0 Å². The summed E-state index contributed by atoms with van der Waals surface area (Å²) in [6, 6.07) is 0.409. The summed E-state index contributed by atoms with van der Waals surface area (Å²) in [5.74, 6) is 0.820. The van der Waals surface area contributed by atoms with E-state index in [0.717, 1.165) is 32.0 Å². The highest BCUT2D eigenvalue weighted by molar-refractivity contribution is 4.83. The molecule has 2 nitrogen and oxygen atoms in total. The van der Waals surface area contributed by atoms with Crippen LogP contribution in [0.3, 0.4) is 0 Å². The van der Waals surface area contributed by atoms with Crippen LogP contribution in [0.15, 0.2) is 0 Å². The molecule has 11 heavy (non-hydrogen) atoms. The molecule has 2 heteroatoms. The van der Waals surface area contributed by atoms with Crippen LogP contribution in [-0.2, 0) is 4.74 Å². The molecule has 1 aliphatic carbocycles. The van der Waals surface area contributed by atoms with Gasteiger partial charge in [0, 0.05) is 19.3 Å². The largest absolute Gasteiger partial charge is 0.381 e. The van der Waals surface area contributed by atoms with Gasteiger partial charge in [-0.15, -0.1) is 0 Å². The summed E-state index contributed by atoms with van der Waals surface area (Å²) in [5, 5.41) is 0. The lowest BCUT2D eigenvalue weighted by Gasteiger charge is -2.09. The first kappa shape index (κ1) is 9.01.